The van der Waals surface area contributed by atoms with Crippen LogP contribution in [0.15, 0.2) is 30.3 Å². The highest BCUT2D eigenvalue weighted by atomic mass is 32.2. The lowest BCUT2D eigenvalue weighted by Crippen LogP contribution is -2.24. The number of carboxylic acids is 1. The molecule has 2 N–H and O–H groups in total. The van der Waals surface area contributed by atoms with Gasteiger partial charge in [-0.3, -0.25) is 14.4 Å². The number of hydrogen-bond acceptors (Lipinski definition) is 4. The van der Waals surface area contributed by atoms with Crippen LogP contribution in [0.2, 0.25) is 0 Å². The third-order valence-electron chi connectivity index (χ3n) is 2.79. The predicted octanol–water partition coefficient (Wildman–Crippen LogP) is 1.83. The Kier molecular flexibility index (Phi) is 7.53. The largest absolute Gasteiger partial charge is 0.481 e. The molecule has 1 atom stereocenters. The fourth-order valence-electron chi connectivity index (χ4n) is 1.80. The van der Waals surface area contributed by atoms with Crippen LogP contribution < -0.4 is 5.32 Å². The quantitative estimate of drug-likeness (QED) is 0.537. The second-order valence-corrected chi connectivity index (χ2v) is 5.73. The van der Waals surface area contributed by atoms with Gasteiger partial charge < -0.3 is 10.4 Å². The molecular formula is C15H19NO4S. The smallest absolute Gasteiger partial charge is 0.304 e. The Bertz CT molecular complexity index is 490. The summed E-state index contributed by atoms with van der Waals surface area (Å²) in [5, 5.41) is 11.6. The molecule has 1 rings (SSSR count). The van der Waals surface area contributed by atoms with Gasteiger partial charge in [-0.25, -0.2) is 0 Å². The van der Waals surface area contributed by atoms with E-state index in [0.717, 1.165) is 0 Å². The predicted molar refractivity (Wildman–Crippen MR) is 82.5 cm³/mol. The fraction of sp³-hybridized carbons (Fsp3) is 0.400. The van der Waals surface area contributed by atoms with Gasteiger partial charge in [0.2, 0.25) is 5.91 Å². The molecule has 0 heterocycles. The van der Waals surface area contributed by atoms with Gasteiger partial charge in [-0.05, 0) is 0 Å². The number of rotatable bonds is 9. The number of aliphatic carboxylic acids is 1. The van der Waals surface area contributed by atoms with Crippen molar-refractivity contribution in [1.29, 1.82) is 0 Å². The van der Waals surface area contributed by atoms with Crippen LogP contribution in [0.1, 0.15) is 23.7 Å². The molecule has 1 amide bonds. The van der Waals surface area contributed by atoms with Gasteiger partial charge in [0.1, 0.15) is 0 Å². The van der Waals surface area contributed by atoms with E-state index in [4.69, 9.17) is 5.11 Å². The summed E-state index contributed by atoms with van der Waals surface area (Å²) in [6.07, 6.45) is -0.180. The average molecular weight is 309 g/mol. The second kappa shape index (κ2) is 9.18. The summed E-state index contributed by atoms with van der Waals surface area (Å²) in [4.78, 5) is 33.9. The third-order valence-corrected chi connectivity index (χ3v) is 3.92. The fourth-order valence-corrected chi connectivity index (χ4v) is 2.77. The zero-order valence-corrected chi connectivity index (χ0v) is 12.7. The monoisotopic (exact) mass is 309 g/mol. The van der Waals surface area contributed by atoms with Crippen molar-refractivity contribution >= 4 is 29.4 Å². The molecule has 0 aliphatic rings. The van der Waals surface area contributed by atoms with Crippen molar-refractivity contribution in [2.75, 3.05) is 18.1 Å². The number of carbonyl (C=O) groups is 3. The highest BCUT2D eigenvalue weighted by Gasteiger charge is 2.22. The van der Waals surface area contributed by atoms with Crippen molar-refractivity contribution in [2.24, 2.45) is 5.92 Å². The molecule has 0 spiro atoms. The number of nitrogens with one attached hydrogen (secondary N) is 1. The van der Waals surface area contributed by atoms with Crippen molar-refractivity contribution in [1.82, 2.24) is 5.32 Å². The molecule has 0 aliphatic heterocycles. The zero-order valence-electron chi connectivity index (χ0n) is 11.9. The molecule has 1 aromatic carbocycles. The molecule has 0 saturated heterocycles. The average Bonchev–Trinajstić information content (AvgIpc) is 2.45. The first-order chi connectivity index (χ1) is 10.0. The lowest BCUT2D eigenvalue weighted by atomic mass is 9.96. The molecule has 21 heavy (non-hydrogen) atoms. The van der Waals surface area contributed by atoms with Gasteiger partial charge >= 0.3 is 5.97 Å². The van der Waals surface area contributed by atoms with E-state index in [9.17, 15) is 14.4 Å². The Morgan fingerprint density at radius 1 is 1.24 bits per heavy atom. The summed E-state index contributed by atoms with van der Waals surface area (Å²) in [7, 11) is 0. The van der Waals surface area contributed by atoms with Crippen molar-refractivity contribution in [2.45, 2.75) is 13.3 Å². The van der Waals surface area contributed by atoms with Gasteiger partial charge in [-0.15, -0.1) is 0 Å². The molecule has 0 aromatic heterocycles. The molecule has 114 valence electrons. The van der Waals surface area contributed by atoms with Crippen molar-refractivity contribution in [3.63, 3.8) is 0 Å². The van der Waals surface area contributed by atoms with Crippen LogP contribution in [0.3, 0.4) is 0 Å². The van der Waals surface area contributed by atoms with E-state index in [1.807, 2.05) is 6.07 Å². The molecule has 0 fully saturated rings. The van der Waals surface area contributed by atoms with E-state index in [0.29, 0.717) is 23.6 Å². The Morgan fingerprint density at radius 2 is 1.90 bits per heavy atom. The SMILES string of the molecule is CC(=O)NCCSCC(CC(=O)O)C(=O)c1ccccc1. The summed E-state index contributed by atoms with van der Waals surface area (Å²) in [6.45, 7) is 1.95. The summed E-state index contributed by atoms with van der Waals surface area (Å²) >= 11 is 1.47. The number of benzene rings is 1. The van der Waals surface area contributed by atoms with E-state index in [1.54, 1.807) is 24.3 Å². The lowest BCUT2D eigenvalue weighted by Gasteiger charge is -2.13. The number of Topliss-reactive ketones (excluding diaryl/α,β-unsaturated/α-hetero) is 1. The van der Waals surface area contributed by atoms with E-state index in [-0.39, 0.29) is 18.1 Å². The van der Waals surface area contributed by atoms with Crippen LogP contribution in [0.5, 0.6) is 0 Å². The lowest BCUT2D eigenvalue weighted by molar-refractivity contribution is -0.137. The maximum atomic E-state index is 12.3. The van der Waals surface area contributed by atoms with Gasteiger partial charge in [0.25, 0.3) is 0 Å². The van der Waals surface area contributed by atoms with Crippen molar-refractivity contribution < 1.29 is 19.5 Å². The number of thioether (sulfide) groups is 1. The summed E-state index contributed by atoms with van der Waals surface area (Å²) in [6, 6.07) is 8.72. The molecule has 6 heteroatoms. The highest BCUT2D eigenvalue weighted by Crippen LogP contribution is 2.18. The van der Waals surface area contributed by atoms with Gasteiger partial charge in [0.05, 0.1) is 6.42 Å². The van der Waals surface area contributed by atoms with Crippen molar-refractivity contribution in [3.8, 4) is 0 Å². The minimum Gasteiger partial charge on any atom is -0.481 e. The number of hydrogen-bond donors (Lipinski definition) is 2. The Labute approximate surface area is 128 Å². The molecular weight excluding hydrogens is 290 g/mol. The summed E-state index contributed by atoms with van der Waals surface area (Å²) in [5.41, 5.74) is 0.534. The van der Waals surface area contributed by atoms with Crippen LogP contribution in [-0.4, -0.2) is 40.8 Å². The van der Waals surface area contributed by atoms with Gasteiger partial charge in [0.15, 0.2) is 5.78 Å². The zero-order chi connectivity index (χ0) is 15.7. The van der Waals surface area contributed by atoms with Crippen LogP contribution >= 0.6 is 11.8 Å². The van der Waals surface area contributed by atoms with Crippen LogP contribution in [0.25, 0.3) is 0 Å². The molecule has 0 radical (unpaired) electrons. The topological polar surface area (TPSA) is 83.5 Å². The first-order valence-electron chi connectivity index (χ1n) is 6.64. The van der Waals surface area contributed by atoms with Crippen LogP contribution in [0.4, 0.5) is 0 Å². The number of ketones is 1. The minimum absolute atomic E-state index is 0.0990. The second-order valence-electron chi connectivity index (χ2n) is 4.58. The highest BCUT2D eigenvalue weighted by molar-refractivity contribution is 7.99. The van der Waals surface area contributed by atoms with E-state index < -0.39 is 11.9 Å². The van der Waals surface area contributed by atoms with Crippen molar-refractivity contribution in [3.05, 3.63) is 35.9 Å². The van der Waals surface area contributed by atoms with E-state index in [2.05, 4.69) is 5.32 Å². The maximum absolute atomic E-state index is 12.3. The number of carboxylic acid groups (broad SMARTS) is 1. The molecule has 1 unspecified atom stereocenters. The number of amides is 1. The van der Waals surface area contributed by atoms with E-state index in [1.165, 1.54) is 18.7 Å². The van der Waals surface area contributed by atoms with Gasteiger partial charge in [0, 0.05) is 36.5 Å². The first-order valence-corrected chi connectivity index (χ1v) is 7.79. The minimum atomic E-state index is -0.980. The molecule has 1 aromatic rings. The Hall–Kier alpha value is -1.82. The number of carbonyl (C=O) groups excluding carboxylic acids is 2. The molecule has 0 saturated carbocycles. The first kappa shape index (κ1) is 17.2. The third kappa shape index (κ3) is 6.94. The normalized spacial score (nSPS) is 11.7. The summed E-state index contributed by atoms with van der Waals surface area (Å²) < 4.78 is 0. The summed E-state index contributed by atoms with van der Waals surface area (Å²) in [5.74, 6) is -0.695. The standard InChI is InChI=1S/C15H19NO4S/c1-11(17)16-7-8-21-10-13(9-14(18)19)15(20)12-5-3-2-4-6-12/h2-6,13H,7-10H2,1H3,(H,16,17)(H,18,19). The van der Waals surface area contributed by atoms with Gasteiger partial charge in [-0.1, -0.05) is 30.3 Å². The molecule has 0 bridgehead atoms. The molecule has 5 nitrogen and oxygen atoms in total. The Balaban J connectivity index is 2.53. The molecule has 0 aliphatic carbocycles. The maximum Gasteiger partial charge on any atom is 0.304 e. The Morgan fingerprint density at radius 3 is 2.48 bits per heavy atom. The van der Waals surface area contributed by atoms with Crippen LogP contribution in [0, 0.1) is 5.92 Å². The van der Waals surface area contributed by atoms with Gasteiger partial charge in [-0.2, -0.15) is 11.8 Å². The van der Waals surface area contributed by atoms with E-state index >= 15 is 0 Å². The van der Waals surface area contributed by atoms with Crippen LogP contribution in [-0.2, 0) is 9.59 Å².